The van der Waals surface area contributed by atoms with Crippen LogP contribution in [-0.2, 0) is 11.3 Å². The average Bonchev–Trinajstić information content (AvgIpc) is 3.13. The van der Waals surface area contributed by atoms with Gasteiger partial charge in [-0.05, 0) is 31.5 Å². The van der Waals surface area contributed by atoms with E-state index >= 15 is 0 Å². The van der Waals surface area contributed by atoms with E-state index < -0.39 is 11.2 Å². The van der Waals surface area contributed by atoms with Gasteiger partial charge >= 0.3 is 5.69 Å². The van der Waals surface area contributed by atoms with E-state index in [1.165, 1.54) is 35.2 Å². The second kappa shape index (κ2) is 7.94. The summed E-state index contributed by atoms with van der Waals surface area (Å²) in [5.41, 5.74) is 0.118. The topological polar surface area (TPSA) is 87.2 Å². The fourth-order valence-corrected chi connectivity index (χ4v) is 3.18. The molecule has 1 aliphatic rings. The average molecular weight is 342 g/mol. The number of nitrogens with one attached hydrogen (secondary N) is 2. The van der Waals surface area contributed by atoms with Crippen molar-refractivity contribution in [3.8, 4) is 0 Å². The SMILES string of the molecule is O=C(Cn1ccc(=O)[nH]c1=O)NCC(c1ccccc1)N1CCCC1. The van der Waals surface area contributed by atoms with Gasteiger partial charge in [-0.2, -0.15) is 0 Å². The van der Waals surface area contributed by atoms with E-state index in [0.717, 1.165) is 13.1 Å². The van der Waals surface area contributed by atoms with Gasteiger partial charge in [-0.25, -0.2) is 4.79 Å². The van der Waals surface area contributed by atoms with Crippen LogP contribution in [0.15, 0.2) is 52.2 Å². The molecule has 3 rings (SSSR count). The van der Waals surface area contributed by atoms with Gasteiger partial charge in [-0.15, -0.1) is 0 Å². The lowest BCUT2D eigenvalue weighted by atomic mass is 10.1. The Morgan fingerprint density at radius 3 is 2.52 bits per heavy atom. The number of aromatic amines is 1. The Balaban J connectivity index is 1.65. The first-order valence-electron chi connectivity index (χ1n) is 8.49. The Morgan fingerprint density at radius 2 is 1.84 bits per heavy atom. The minimum atomic E-state index is -0.582. The summed E-state index contributed by atoms with van der Waals surface area (Å²) >= 11 is 0. The summed E-state index contributed by atoms with van der Waals surface area (Å²) in [5, 5.41) is 2.92. The Bertz CT molecular complexity index is 822. The lowest BCUT2D eigenvalue weighted by Crippen LogP contribution is -2.40. The summed E-state index contributed by atoms with van der Waals surface area (Å²) < 4.78 is 1.18. The number of rotatable bonds is 6. The maximum absolute atomic E-state index is 12.2. The quantitative estimate of drug-likeness (QED) is 0.800. The Labute approximate surface area is 145 Å². The monoisotopic (exact) mass is 342 g/mol. The zero-order valence-corrected chi connectivity index (χ0v) is 14.0. The lowest BCUT2D eigenvalue weighted by Gasteiger charge is -2.28. The van der Waals surface area contributed by atoms with Gasteiger partial charge < -0.3 is 5.32 Å². The van der Waals surface area contributed by atoms with Crippen LogP contribution in [0.2, 0.25) is 0 Å². The molecule has 1 aromatic heterocycles. The largest absolute Gasteiger partial charge is 0.353 e. The number of aromatic nitrogens is 2. The summed E-state index contributed by atoms with van der Waals surface area (Å²) in [4.78, 5) is 39.5. The molecule has 7 heteroatoms. The van der Waals surface area contributed by atoms with E-state index in [-0.39, 0.29) is 18.5 Å². The molecule has 0 saturated carbocycles. The Hall–Kier alpha value is -2.67. The molecule has 1 saturated heterocycles. The maximum Gasteiger partial charge on any atom is 0.328 e. The van der Waals surface area contributed by atoms with Crippen molar-refractivity contribution in [1.29, 1.82) is 0 Å². The number of H-pyrrole nitrogens is 1. The highest BCUT2D eigenvalue weighted by molar-refractivity contribution is 5.75. The molecule has 25 heavy (non-hydrogen) atoms. The molecule has 1 fully saturated rings. The van der Waals surface area contributed by atoms with E-state index in [4.69, 9.17) is 0 Å². The predicted octanol–water partition coefficient (Wildman–Crippen LogP) is 0.490. The number of hydrogen-bond acceptors (Lipinski definition) is 4. The van der Waals surface area contributed by atoms with Gasteiger partial charge in [-0.3, -0.25) is 24.0 Å². The van der Waals surface area contributed by atoms with Gasteiger partial charge in [0.05, 0.1) is 6.04 Å². The van der Waals surface area contributed by atoms with Gasteiger partial charge in [0.2, 0.25) is 5.91 Å². The molecule has 7 nitrogen and oxygen atoms in total. The highest BCUT2D eigenvalue weighted by Gasteiger charge is 2.23. The molecule has 1 amide bonds. The van der Waals surface area contributed by atoms with Gasteiger partial charge in [0.25, 0.3) is 5.56 Å². The van der Waals surface area contributed by atoms with Crippen LogP contribution in [-0.4, -0.2) is 40.0 Å². The van der Waals surface area contributed by atoms with E-state index in [1.807, 2.05) is 18.2 Å². The first-order chi connectivity index (χ1) is 12.1. The third-order valence-electron chi connectivity index (χ3n) is 4.47. The van der Waals surface area contributed by atoms with E-state index in [2.05, 4.69) is 27.3 Å². The number of carbonyl (C=O) groups is 1. The predicted molar refractivity (Wildman–Crippen MR) is 94.3 cm³/mol. The first kappa shape index (κ1) is 17.2. The number of carbonyl (C=O) groups excluding carboxylic acids is 1. The smallest absolute Gasteiger partial charge is 0.328 e. The molecule has 0 bridgehead atoms. The van der Waals surface area contributed by atoms with Crippen molar-refractivity contribution < 1.29 is 4.79 Å². The number of nitrogens with zero attached hydrogens (tertiary/aromatic N) is 2. The highest BCUT2D eigenvalue weighted by Crippen LogP contribution is 2.24. The first-order valence-corrected chi connectivity index (χ1v) is 8.49. The van der Waals surface area contributed by atoms with Crippen LogP contribution in [0.25, 0.3) is 0 Å². The van der Waals surface area contributed by atoms with Gasteiger partial charge in [-0.1, -0.05) is 30.3 Å². The zero-order chi connectivity index (χ0) is 17.6. The second-order valence-electron chi connectivity index (χ2n) is 6.21. The van der Waals surface area contributed by atoms with E-state index in [9.17, 15) is 14.4 Å². The molecule has 2 heterocycles. The van der Waals surface area contributed by atoms with Crippen molar-refractivity contribution >= 4 is 5.91 Å². The molecule has 0 aliphatic carbocycles. The molecule has 1 aromatic carbocycles. The molecular formula is C18H22N4O3. The fraction of sp³-hybridized carbons (Fsp3) is 0.389. The normalized spacial score (nSPS) is 15.8. The molecule has 2 N–H and O–H groups in total. The van der Waals surface area contributed by atoms with Crippen LogP contribution >= 0.6 is 0 Å². The van der Waals surface area contributed by atoms with Crippen LogP contribution in [0, 0.1) is 0 Å². The summed E-state index contributed by atoms with van der Waals surface area (Å²) in [6.07, 6.45) is 3.67. The molecular weight excluding hydrogens is 320 g/mol. The van der Waals surface area contributed by atoms with Crippen molar-refractivity contribution in [3.63, 3.8) is 0 Å². The lowest BCUT2D eigenvalue weighted by molar-refractivity contribution is -0.122. The van der Waals surface area contributed by atoms with Crippen molar-refractivity contribution in [1.82, 2.24) is 19.8 Å². The van der Waals surface area contributed by atoms with Crippen LogP contribution in [0.4, 0.5) is 0 Å². The van der Waals surface area contributed by atoms with Crippen molar-refractivity contribution in [2.45, 2.75) is 25.4 Å². The minimum absolute atomic E-state index is 0.114. The summed E-state index contributed by atoms with van der Waals surface area (Å²) in [6.45, 7) is 2.42. The van der Waals surface area contributed by atoms with E-state index in [1.54, 1.807) is 0 Å². The fourth-order valence-electron chi connectivity index (χ4n) is 3.18. The van der Waals surface area contributed by atoms with Gasteiger partial charge in [0.1, 0.15) is 6.54 Å². The molecule has 2 aromatic rings. The molecule has 1 unspecified atom stereocenters. The second-order valence-corrected chi connectivity index (χ2v) is 6.21. The van der Waals surface area contributed by atoms with Crippen LogP contribution in [0.5, 0.6) is 0 Å². The summed E-state index contributed by atoms with van der Waals surface area (Å²) in [7, 11) is 0. The Morgan fingerprint density at radius 1 is 1.12 bits per heavy atom. The number of likely N-dealkylation sites (tertiary alicyclic amines) is 1. The van der Waals surface area contributed by atoms with Crippen LogP contribution in [0.1, 0.15) is 24.4 Å². The zero-order valence-electron chi connectivity index (χ0n) is 14.0. The van der Waals surface area contributed by atoms with Crippen LogP contribution < -0.4 is 16.6 Å². The highest BCUT2D eigenvalue weighted by atomic mass is 16.2. The van der Waals surface area contributed by atoms with Gasteiger partial charge in [0.15, 0.2) is 0 Å². The molecule has 0 spiro atoms. The third-order valence-corrected chi connectivity index (χ3v) is 4.47. The molecule has 1 aliphatic heterocycles. The molecule has 1 atom stereocenters. The minimum Gasteiger partial charge on any atom is -0.353 e. The van der Waals surface area contributed by atoms with E-state index in [0.29, 0.717) is 6.54 Å². The maximum atomic E-state index is 12.2. The van der Waals surface area contributed by atoms with Crippen molar-refractivity contribution in [2.75, 3.05) is 19.6 Å². The number of benzene rings is 1. The third kappa shape index (κ3) is 4.45. The standard InChI is InChI=1S/C18H22N4O3/c23-16-8-11-22(18(25)20-16)13-17(24)19-12-15(21-9-4-5-10-21)14-6-2-1-3-7-14/h1-3,6-8,11,15H,4-5,9-10,12-13H2,(H,19,24)(H,20,23,25). The van der Waals surface area contributed by atoms with Crippen molar-refractivity contribution in [3.05, 3.63) is 69.0 Å². The molecule has 0 radical (unpaired) electrons. The van der Waals surface area contributed by atoms with Crippen molar-refractivity contribution in [2.24, 2.45) is 0 Å². The Kier molecular flexibility index (Phi) is 5.45. The van der Waals surface area contributed by atoms with Gasteiger partial charge in [0, 0.05) is 18.8 Å². The summed E-state index contributed by atoms with van der Waals surface area (Å²) in [5.74, 6) is -0.255. The van der Waals surface area contributed by atoms with Crippen LogP contribution in [0.3, 0.4) is 0 Å². The number of hydrogen-bond donors (Lipinski definition) is 2. The molecule has 132 valence electrons. The summed E-state index contributed by atoms with van der Waals surface area (Å²) in [6, 6.07) is 11.5. The number of amides is 1.